The van der Waals surface area contributed by atoms with E-state index < -0.39 is 0 Å². The third-order valence-corrected chi connectivity index (χ3v) is 2.10. The lowest BCUT2D eigenvalue weighted by atomic mass is 10.1. The zero-order valence-corrected chi connectivity index (χ0v) is 7.48. The molecule has 0 aliphatic rings. The first-order valence-corrected chi connectivity index (χ1v) is 3.86. The van der Waals surface area contributed by atoms with Crippen LogP contribution in [-0.2, 0) is 0 Å². The molecular formula is C9H10OS. The summed E-state index contributed by atoms with van der Waals surface area (Å²) in [4.78, 5) is 11.7. The van der Waals surface area contributed by atoms with Gasteiger partial charge in [0, 0.05) is 10.5 Å². The van der Waals surface area contributed by atoms with E-state index in [0.29, 0.717) is 0 Å². The minimum absolute atomic E-state index is 0.0836. The van der Waals surface area contributed by atoms with Crippen LogP contribution in [0, 0.1) is 6.92 Å². The quantitative estimate of drug-likeness (QED) is 0.501. The van der Waals surface area contributed by atoms with Crippen LogP contribution in [0.25, 0.3) is 0 Å². The van der Waals surface area contributed by atoms with Crippen LogP contribution in [0.4, 0.5) is 0 Å². The standard InChI is InChI=1S/C9H10OS/c1-6-3-4-8(7(2)10)5-9(6)11/h3-5,11H,1-2H3. The van der Waals surface area contributed by atoms with Gasteiger partial charge in [0.15, 0.2) is 5.78 Å². The summed E-state index contributed by atoms with van der Waals surface area (Å²) in [5, 5.41) is 0. The Bertz CT molecular complexity index is 292. The highest BCUT2D eigenvalue weighted by molar-refractivity contribution is 7.80. The van der Waals surface area contributed by atoms with Crippen LogP contribution >= 0.6 is 12.6 Å². The third kappa shape index (κ3) is 1.84. The number of benzene rings is 1. The van der Waals surface area contributed by atoms with Gasteiger partial charge in [0.2, 0.25) is 0 Å². The molecule has 0 spiro atoms. The number of carbonyl (C=O) groups excluding carboxylic acids is 1. The summed E-state index contributed by atoms with van der Waals surface area (Å²) < 4.78 is 0. The Morgan fingerprint density at radius 1 is 1.45 bits per heavy atom. The molecule has 2 heteroatoms. The first-order chi connectivity index (χ1) is 5.11. The molecule has 58 valence electrons. The molecule has 0 aliphatic carbocycles. The molecule has 1 aromatic carbocycles. The van der Waals surface area contributed by atoms with E-state index in [1.54, 1.807) is 13.0 Å². The number of carbonyl (C=O) groups is 1. The van der Waals surface area contributed by atoms with Crippen LogP contribution < -0.4 is 0 Å². The molecule has 0 heterocycles. The Hall–Kier alpha value is -0.760. The molecule has 0 aliphatic heterocycles. The number of thiol groups is 1. The zero-order chi connectivity index (χ0) is 8.43. The number of hydrogen-bond acceptors (Lipinski definition) is 2. The molecule has 0 fully saturated rings. The molecule has 11 heavy (non-hydrogen) atoms. The van der Waals surface area contributed by atoms with Gasteiger partial charge in [-0.3, -0.25) is 4.79 Å². The molecule has 0 amide bonds. The predicted molar refractivity (Wildman–Crippen MR) is 48.4 cm³/mol. The Morgan fingerprint density at radius 3 is 2.55 bits per heavy atom. The molecule has 1 nitrogen and oxygen atoms in total. The van der Waals surface area contributed by atoms with E-state index >= 15 is 0 Å². The molecular weight excluding hydrogens is 156 g/mol. The third-order valence-electron chi connectivity index (χ3n) is 1.62. The van der Waals surface area contributed by atoms with Crippen molar-refractivity contribution < 1.29 is 4.79 Å². The molecule has 0 bridgehead atoms. The predicted octanol–water partition coefficient (Wildman–Crippen LogP) is 2.49. The number of ketones is 1. The summed E-state index contributed by atoms with van der Waals surface area (Å²) >= 11 is 4.21. The smallest absolute Gasteiger partial charge is 0.159 e. The van der Waals surface area contributed by atoms with Gasteiger partial charge in [-0.25, -0.2) is 0 Å². The average Bonchev–Trinajstić information content (AvgIpc) is 1.94. The van der Waals surface area contributed by atoms with Crippen LogP contribution in [0.3, 0.4) is 0 Å². The second-order valence-corrected chi connectivity index (χ2v) is 3.04. The number of rotatable bonds is 1. The highest BCUT2D eigenvalue weighted by atomic mass is 32.1. The van der Waals surface area contributed by atoms with Gasteiger partial charge in [0.05, 0.1) is 0 Å². The Labute approximate surface area is 71.8 Å². The number of hydrogen-bond donors (Lipinski definition) is 1. The van der Waals surface area contributed by atoms with Crippen LogP contribution in [0.15, 0.2) is 23.1 Å². The Balaban J connectivity index is 3.15. The van der Waals surface area contributed by atoms with Crippen molar-refractivity contribution in [2.24, 2.45) is 0 Å². The van der Waals surface area contributed by atoms with Gasteiger partial charge in [-0.2, -0.15) is 0 Å². The highest BCUT2D eigenvalue weighted by Crippen LogP contribution is 2.14. The fourth-order valence-electron chi connectivity index (χ4n) is 0.828. The summed E-state index contributed by atoms with van der Waals surface area (Å²) in [7, 11) is 0. The first-order valence-electron chi connectivity index (χ1n) is 3.42. The summed E-state index contributed by atoms with van der Waals surface area (Å²) in [5.74, 6) is 0.0836. The molecule has 0 aromatic heterocycles. The van der Waals surface area contributed by atoms with E-state index in [4.69, 9.17) is 0 Å². The van der Waals surface area contributed by atoms with Crippen molar-refractivity contribution >= 4 is 18.4 Å². The van der Waals surface area contributed by atoms with Crippen molar-refractivity contribution in [3.63, 3.8) is 0 Å². The maximum absolute atomic E-state index is 10.9. The lowest BCUT2D eigenvalue weighted by molar-refractivity contribution is 0.101. The van der Waals surface area contributed by atoms with Gasteiger partial charge in [-0.15, -0.1) is 12.6 Å². The van der Waals surface area contributed by atoms with Crippen molar-refractivity contribution in [2.75, 3.05) is 0 Å². The van der Waals surface area contributed by atoms with Gasteiger partial charge in [-0.1, -0.05) is 12.1 Å². The normalized spacial score (nSPS) is 9.73. The van der Waals surface area contributed by atoms with E-state index in [-0.39, 0.29) is 5.78 Å². The van der Waals surface area contributed by atoms with Gasteiger partial charge >= 0.3 is 0 Å². The molecule has 0 unspecified atom stereocenters. The lowest BCUT2D eigenvalue weighted by Crippen LogP contribution is -1.91. The van der Waals surface area contributed by atoms with Crippen molar-refractivity contribution in [3.05, 3.63) is 29.3 Å². The van der Waals surface area contributed by atoms with Crippen molar-refractivity contribution in [2.45, 2.75) is 18.7 Å². The molecule has 1 aromatic rings. The molecule has 0 saturated heterocycles. The second kappa shape index (κ2) is 3.09. The minimum Gasteiger partial charge on any atom is -0.295 e. The largest absolute Gasteiger partial charge is 0.295 e. The molecule has 0 atom stereocenters. The second-order valence-electron chi connectivity index (χ2n) is 2.56. The SMILES string of the molecule is CC(=O)c1ccc(C)c(S)c1. The van der Waals surface area contributed by atoms with E-state index in [2.05, 4.69) is 12.6 Å². The van der Waals surface area contributed by atoms with Crippen LogP contribution in [0.1, 0.15) is 22.8 Å². The monoisotopic (exact) mass is 166 g/mol. The zero-order valence-electron chi connectivity index (χ0n) is 6.59. The van der Waals surface area contributed by atoms with E-state index in [0.717, 1.165) is 16.0 Å². The average molecular weight is 166 g/mol. The van der Waals surface area contributed by atoms with Crippen LogP contribution in [0.2, 0.25) is 0 Å². The van der Waals surface area contributed by atoms with Gasteiger partial charge in [0.25, 0.3) is 0 Å². The maximum Gasteiger partial charge on any atom is 0.159 e. The molecule has 1 rings (SSSR count). The Kier molecular flexibility index (Phi) is 2.35. The van der Waals surface area contributed by atoms with E-state index in [1.165, 1.54) is 0 Å². The molecule has 0 radical (unpaired) electrons. The van der Waals surface area contributed by atoms with Gasteiger partial charge in [-0.05, 0) is 25.5 Å². The molecule has 0 saturated carbocycles. The minimum atomic E-state index is 0.0836. The fraction of sp³-hybridized carbons (Fsp3) is 0.222. The molecule has 0 N–H and O–H groups in total. The van der Waals surface area contributed by atoms with Crippen LogP contribution in [0.5, 0.6) is 0 Å². The topological polar surface area (TPSA) is 17.1 Å². The Morgan fingerprint density at radius 2 is 2.09 bits per heavy atom. The van der Waals surface area contributed by atoms with Gasteiger partial charge < -0.3 is 0 Å². The maximum atomic E-state index is 10.9. The number of Topliss-reactive ketones (excluding diaryl/α,β-unsaturated/α-hetero) is 1. The van der Waals surface area contributed by atoms with E-state index in [9.17, 15) is 4.79 Å². The lowest BCUT2D eigenvalue weighted by Gasteiger charge is -1.99. The summed E-state index contributed by atoms with van der Waals surface area (Å²) in [6, 6.07) is 5.51. The fourth-order valence-corrected chi connectivity index (χ4v) is 1.04. The van der Waals surface area contributed by atoms with Crippen molar-refractivity contribution in [1.29, 1.82) is 0 Å². The number of aryl methyl sites for hydroxylation is 1. The van der Waals surface area contributed by atoms with E-state index in [1.807, 2.05) is 19.1 Å². The first kappa shape index (κ1) is 8.34. The summed E-state index contributed by atoms with van der Waals surface area (Å²) in [6.45, 7) is 3.52. The van der Waals surface area contributed by atoms with Gasteiger partial charge in [0.1, 0.15) is 0 Å². The summed E-state index contributed by atoms with van der Waals surface area (Å²) in [6.07, 6.45) is 0. The van der Waals surface area contributed by atoms with Crippen molar-refractivity contribution in [1.82, 2.24) is 0 Å². The highest BCUT2D eigenvalue weighted by Gasteiger charge is 1.99. The van der Waals surface area contributed by atoms with Crippen molar-refractivity contribution in [3.8, 4) is 0 Å². The summed E-state index contributed by atoms with van der Waals surface area (Å²) in [5.41, 5.74) is 1.82. The van der Waals surface area contributed by atoms with Crippen LogP contribution in [-0.4, -0.2) is 5.78 Å².